The van der Waals surface area contributed by atoms with Gasteiger partial charge in [-0.1, -0.05) is 0 Å². The molecule has 0 aromatic carbocycles. The van der Waals surface area contributed by atoms with Gasteiger partial charge in [-0.2, -0.15) is 0 Å². The van der Waals surface area contributed by atoms with E-state index in [1.165, 1.54) is 0 Å². The molecule has 0 spiro atoms. The summed E-state index contributed by atoms with van der Waals surface area (Å²) >= 11 is 1.70. The molecule has 2 heterocycles. The Morgan fingerprint density at radius 1 is 1.35 bits per heavy atom. The number of aryl methyl sites for hydroxylation is 1. The van der Waals surface area contributed by atoms with Crippen LogP contribution < -0.4 is 4.90 Å². The second kappa shape index (κ2) is 4.29. The van der Waals surface area contributed by atoms with Gasteiger partial charge in [-0.3, -0.25) is 4.79 Å². The highest BCUT2D eigenvalue weighted by Crippen LogP contribution is 2.31. The van der Waals surface area contributed by atoms with E-state index in [2.05, 4.69) is 15.3 Å². The van der Waals surface area contributed by atoms with Gasteiger partial charge in [0.15, 0.2) is 5.13 Å². The van der Waals surface area contributed by atoms with E-state index >= 15 is 0 Å². The molecule has 0 bridgehead atoms. The Kier molecular flexibility index (Phi) is 2.78. The van der Waals surface area contributed by atoms with Crippen molar-refractivity contribution < 1.29 is 4.79 Å². The molecule has 5 heteroatoms. The second-order valence-electron chi connectivity index (χ2n) is 4.86. The molecule has 1 amide bonds. The maximum atomic E-state index is 11.9. The molecule has 1 aromatic heterocycles. The van der Waals surface area contributed by atoms with Gasteiger partial charge < -0.3 is 9.80 Å². The number of carbonyl (C=O) groups excluding carboxylic acids is 1. The molecule has 2 fully saturated rings. The van der Waals surface area contributed by atoms with Crippen LogP contribution in [0, 0.1) is 12.8 Å². The minimum atomic E-state index is 0.351. The van der Waals surface area contributed by atoms with Gasteiger partial charge in [0, 0.05) is 37.5 Å². The average Bonchev–Trinajstić information content (AvgIpc) is 3.11. The summed E-state index contributed by atoms with van der Waals surface area (Å²) in [4.78, 5) is 20.7. The zero-order valence-electron chi connectivity index (χ0n) is 10.1. The molecule has 1 aliphatic carbocycles. The Bertz CT molecular complexity index is 419. The predicted octanol–water partition coefficient (Wildman–Crippen LogP) is 1.51. The highest BCUT2D eigenvalue weighted by molar-refractivity contribution is 7.13. The van der Waals surface area contributed by atoms with E-state index in [1.54, 1.807) is 11.3 Å². The number of nitrogens with zero attached hydrogens (tertiary/aromatic N) is 3. The van der Waals surface area contributed by atoms with Crippen molar-refractivity contribution in [2.45, 2.75) is 19.8 Å². The number of carbonyl (C=O) groups is 1. The number of amides is 1. The summed E-state index contributed by atoms with van der Waals surface area (Å²) in [7, 11) is 0. The Labute approximate surface area is 105 Å². The van der Waals surface area contributed by atoms with Gasteiger partial charge >= 0.3 is 0 Å². The lowest BCUT2D eigenvalue weighted by Gasteiger charge is -2.34. The average molecular weight is 251 g/mol. The number of aromatic nitrogens is 1. The van der Waals surface area contributed by atoms with Crippen LogP contribution in [0.5, 0.6) is 0 Å². The van der Waals surface area contributed by atoms with Crippen molar-refractivity contribution in [2.24, 2.45) is 5.92 Å². The fourth-order valence-electron chi connectivity index (χ4n) is 2.19. The first-order valence-electron chi connectivity index (χ1n) is 6.20. The van der Waals surface area contributed by atoms with E-state index in [-0.39, 0.29) is 0 Å². The van der Waals surface area contributed by atoms with Crippen molar-refractivity contribution in [1.29, 1.82) is 0 Å². The van der Waals surface area contributed by atoms with Crippen LogP contribution in [0.2, 0.25) is 0 Å². The van der Waals surface area contributed by atoms with Gasteiger partial charge in [-0.05, 0) is 19.8 Å². The lowest BCUT2D eigenvalue weighted by molar-refractivity contribution is -0.132. The molecule has 1 saturated heterocycles. The Morgan fingerprint density at radius 3 is 2.59 bits per heavy atom. The molecule has 0 N–H and O–H groups in total. The zero-order valence-corrected chi connectivity index (χ0v) is 10.9. The zero-order chi connectivity index (χ0) is 11.8. The first-order chi connectivity index (χ1) is 8.24. The van der Waals surface area contributed by atoms with Crippen molar-refractivity contribution >= 4 is 22.4 Å². The van der Waals surface area contributed by atoms with Crippen molar-refractivity contribution in [2.75, 3.05) is 31.1 Å². The Morgan fingerprint density at radius 2 is 2.06 bits per heavy atom. The number of thiazole rings is 1. The third-order valence-electron chi connectivity index (χ3n) is 3.40. The maximum Gasteiger partial charge on any atom is 0.225 e. The van der Waals surface area contributed by atoms with E-state index in [0.717, 1.165) is 49.8 Å². The standard InChI is InChI=1S/C12H17N3OS/c1-9-8-17-12(13-9)15-6-4-14(5-7-15)11(16)10-2-3-10/h8,10H,2-7H2,1H3. The van der Waals surface area contributed by atoms with Crippen LogP contribution in [-0.4, -0.2) is 42.0 Å². The van der Waals surface area contributed by atoms with E-state index in [1.807, 2.05) is 11.8 Å². The van der Waals surface area contributed by atoms with Gasteiger partial charge in [0.25, 0.3) is 0 Å². The molecule has 1 aliphatic heterocycles. The quantitative estimate of drug-likeness (QED) is 0.799. The van der Waals surface area contributed by atoms with Crippen LogP contribution in [-0.2, 0) is 4.79 Å². The Hall–Kier alpha value is -1.10. The molecule has 3 rings (SSSR count). The molecule has 0 radical (unpaired) electrons. The molecule has 17 heavy (non-hydrogen) atoms. The molecule has 92 valence electrons. The van der Waals surface area contributed by atoms with E-state index in [9.17, 15) is 4.79 Å². The summed E-state index contributed by atoms with van der Waals surface area (Å²) in [6.07, 6.45) is 2.20. The van der Waals surface area contributed by atoms with Crippen LogP contribution in [0.15, 0.2) is 5.38 Å². The summed E-state index contributed by atoms with van der Waals surface area (Å²) in [6, 6.07) is 0. The van der Waals surface area contributed by atoms with Crippen LogP contribution in [0.25, 0.3) is 0 Å². The van der Waals surface area contributed by atoms with Crippen LogP contribution in [0.4, 0.5) is 5.13 Å². The molecule has 1 aromatic rings. The summed E-state index contributed by atoms with van der Waals surface area (Å²) in [5.41, 5.74) is 1.08. The van der Waals surface area contributed by atoms with Crippen molar-refractivity contribution in [3.8, 4) is 0 Å². The SMILES string of the molecule is Cc1csc(N2CCN(C(=O)C3CC3)CC2)n1. The smallest absolute Gasteiger partial charge is 0.225 e. The maximum absolute atomic E-state index is 11.9. The topological polar surface area (TPSA) is 36.4 Å². The fourth-order valence-corrected chi connectivity index (χ4v) is 3.05. The van der Waals surface area contributed by atoms with Gasteiger partial charge in [0.05, 0.1) is 5.69 Å². The second-order valence-corrected chi connectivity index (χ2v) is 5.69. The third-order valence-corrected chi connectivity index (χ3v) is 4.41. The third kappa shape index (κ3) is 2.29. The molecule has 4 nitrogen and oxygen atoms in total. The van der Waals surface area contributed by atoms with Gasteiger partial charge in [0.1, 0.15) is 0 Å². The molecule has 2 aliphatic rings. The molecular formula is C12H17N3OS. The van der Waals surface area contributed by atoms with Crippen LogP contribution in [0.1, 0.15) is 18.5 Å². The monoisotopic (exact) mass is 251 g/mol. The number of rotatable bonds is 2. The van der Waals surface area contributed by atoms with Gasteiger partial charge in [-0.25, -0.2) is 4.98 Å². The number of anilines is 1. The highest BCUT2D eigenvalue weighted by atomic mass is 32.1. The summed E-state index contributed by atoms with van der Waals surface area (Å²) in [5, 5.41) is 3.18. The molecular weight excluding hydrogens is 234 g/mol. The summed E-state index contributed by atoms with van der Waals surface area (Å²) in [6.45, 7) is 5.58. The van der Waals surface area contributed by atoms with E-state index < -0.39 is 0 Å². The largest absolute Gasteiger partial charge is 0.345 e. The number of piperazine rings is 1. The van der Waals surface area contributed by atoms with Crippen molar-refractivity contribution in [3.05, 3.63) is 11.1 Å². The first-order valence-corrected chi connectivity index (χ1v) is 7.08. The minimum absolute atomic E-state index is 0.351. The molecule has 0 unspecified atom stereocenters. The summed E-state index contributed by atoms with van der Waals surface area (Å²) < 4.78 is 0. The van der Waals surface area contributed by atoms with Crippen molar-refractivity contribution in [1.82, 2.24) is 9.88 Å². The first kappa shape index (κ1) is 11.0. The number of hydrogen-bond acceptors (Lipinski definition) is 4. The van der Waals surface area contributed by atoms with Gasteiger partial charge in [0.2, 0.25) is 5.91 Å². The highest BCUT2D eigenvalue weighted by Gasteiger charge is 2.34. The fraction of sp³-hybridized carbons (Fsp3) is 0.667. The normalized spacial score (nSPS) is 20.8. The Balaban J connectivity index is 1.58. The minimum Gasteiger partial charge on any atom is -0.345 e. The lowest BCUT2D eigenvalue weighted by Crippen LogP contribution is -2.49. The predicted molar refractivity (Wildman–Crippen MR) is 68.4 cm³/mol. The lowest BCUT2D eigenvalue weighted by atomic mass is 10.3. The molecule has 1 saturated carbocycles. The van der Waals surface area contributed by atoms with E-state index in [0.29, 0.717) is 11.8 Å². The van der Waals surface area contributed by atoms with E-state index in [4.69, 9.17) is 0 Å². The van der Waals surface area contributed by atoms with Crippen LogP contribution >= 0.6 is 11.3 Å². The molecule has 0 atom stereocenters. The van der Waals surface area contributed by atoms with Gasteiger partial charge in [-0.15, -0.1) is 11.3 Å². The summed E-state index contributed by atoms with van der Waals surface area (Å²) in [5.74, 6) is 0.726. The van der Waals surface area contributed by atoms with Crippen LogP contribution in [0.3, 0.4) is 0 Å². The number of hydrogen-bond donors (Lipinski definition) is 0. The van der Waals surface area contributed by atoms with Crippen molar-refractivity contribution in [3.63, 3.8) is 0 Å².